The molecule has 2 aromatic rings. The van der Waals surface area contributed by atoms with E-state index in [0.29, 0.717) is 5.69 Å². The van der Waals surface area contributed by atoms with Crippen molar-refractivity contribution in [3.8, 4) is 0 Å². The van der Waals surface area contributed by atoms with E-state index in [1.807, 2.05) is 24.3 Å². The molecule has 0 spiro atoms. The van der Waals surface area contributed by atoms with Gasteiger partial charge in [0.05, 0.1) is 11.9 Å². The van der Waals surface area contributed by atoms with E-state index in [4.69, 9.17) is 23.2 Å². The predicted molar refractivity (Wildman–Crippen MR) is 117 cm³/mol. The van der Waals surface area contributed by atoms with Gasteiger partial charge in [0.2, 0.25) is 15.9 Å². The minimum atomic E-state index is -3.75. The summed E-state index contributed by atoms with van der Waals surface area (Å²) in [6.07, 6.45) is 4.24. The summed E-state index contributed by atoms with van der Waals surface area (Å²) in [6.45, 7) is 3.65. The largest absolute Gasteiger partial charge is 0.324 e. The zero-order chi connectivity index (χ0) is 20.9. The molecular weight excluding hydrogens is 419 g/mol. The monoisotopic (exact) mass is 442 g/mol. The van der Waals surface area contributed by atoms with Crippen molar-refractivity contribution in [1.29, 1.82) is 0 Å². The topological polar surface area (TPSA) is 66.5 Å². The molecule has 0 fully saturated rings. The molecule has 28 heavy (non-hydrogen) atoms. The zero-order valence-corrected chi connectivity index (χ0v) is 18.4. The number of carbonyl (C=O) groups excluding carboxylic acids is 1. The number of nitrogens with zero attached hydrogens (tertiary/aromatic N) is 1. The van der Waals surface area contributed by atoms with E-state index in [-0.39, 0.29) is 15.7 Å². The molecule has 0 aromatic heterocycles. The number of benzene rings is 2. The van der Waals surface area contributed by atoms with Gasteiger partial charge in [-0.15, -0.1) is 0 Å². The van der Waals surface area contributed by atoms with Gasteiger partial charge >= 0.3 is 0 Å². The van der Waals surface area contributed by atoms with Gasteiger partial charge in [-0.3, -0.25) is 9.10 Å². The maximum Gasteiger partial charge on any atom is 0.247 e. The summed E-state index contributed by atoms with van der Waals surface area (Å²) >= 11 is 12.0. The van der Waals surface area contributed by atoms with Crippen LogP contribution in [0.1, 0.15) is 32.3 Å². The van der Waals surface area contributed by atoms with Crippen molar-refractivity contribution in [2.45, 2.75) is 39.2 Å². The SMILES string of the molecule is CCCCc1ccc(NC(=O)[C@H](C)N(c2cc(Cl)cc(Cl)c2)S(C)(=O)=O)cc1. The number of amides is 1. The van der Waals surface area contributed by atoms with E-state index >= 15 is 0 Å². The standard InChI is InChI=1S/C20H24Cl2N2O3S/c1-4-5-6-15-7-9-18(10-8-15)23-20(25)14(2)24(28(3,26)27)19-12-16(21)11-17(22)13-19/h7-14H,4-6H2,1-3H3,(H,23,25)/t14-/m0/s1. The summed E-state index contributed by atoms with van der Waals surface area (Å²) in [6, 6.07) is 11.0. The predicted octanol–water partition coefficient (Wildman–Crippen LogP) is 5.13. The second kappa shape index (κ2) is 9.63. The minimum absolute atomic E-state index is 0.234. The summed E-state index contributed by atoms with van der Waals surface area (Å²) in [5, 5.41) is 3.33. The lowest BCUT2D eigenvalue weighted by Gasteiger charge is -2.28. The lowest BCUT2D eigenvalue weighted by Crippen LogP contribution is -2.45. The van der Waals surface area contributed by atoms with E-state index < -0.39 is 22.0 Å². The molecule has 1 amide bonds. The van der Waals surface area contributed by atoms with Crippen molar-refractivity contribution >= 4 is 50.5 Å². The summed E-state index contributed by atoms with van der Waals surface area (Å²) in [5.41, 5.74) is 2.03. The second-order valence-corrected chi connectivity index (χ2v) is 9.38. The summed E-state index contributed by atoms with van der Waals surface area (Å²) < 4.78 is 25.7. The van der Waals surface area contributed by atoms with Crippen LogP contribution in [0.3, 0.4) is 0 Å². The highest BCUT2D eigenvalue weighted by Gasteiger charge is 2.29. The molecule has 152 valence electrons. The first-order valence-electron chi connectivity index (χ1n) is 8.97. The third-order valence-electron chi connectivity index (χ3n) is 4.23. The van der Waals surface area contributed by atoms with Crippen LogP contribution in [0.25, 0.3) is 0 Å². The number of nitrogens with one attached hydrogen (secondary N) is 1. The number of aryl methyl sites for hydroxylation is 1. The van der Waals surface area contributed by atoms with Gasteiger partial charge in [-0.05, 0) is 55.7 Å². The maximum absolute atomic E-state index is 12.7. The highest BCUT2D eigenvalue weighted by molar-refractivity contribution is 7.92. The molecule has 1 N–H and O–H groups in total. The average molecular weight is 443 g/mol. The van der Waals surface area contributed by atoms with E-state index in [0.717, 1.165) is 29.8 Å². The lowest BCUT2D eigenvalue weighted by molar-refractivity contribution is -0.116. The fraction of sp³-hybridized carbons (Fsp3) is 0.350. The zero-order valence-electron chi connectivity index (χ0n) is 16.1. The number of unbranched alkanes of at least 4 members (excludes halogenated alkanes) is 1. The highest BCUT2D eigenvalue weighted by atomic mass is 35.5. The Morgan fingerprint density at radius 3 is 2.18 bits per heavy atom. The van der Waals surface area contributed by atoms with Crippen molar-refractivity contribution < 1.29 is 13.2 Å². The van der Waals surface area contributed by atoms with Gasteiger partial charge in [0.1, 0.15) is 6.04 Å². The van der Waals surface area contributed by atoms with Gasteiger partial charge in [0, 0.05) is 15.7 Å². The van der Waals surface area contributed by atoms with Gasteiger partial charge < -0.3 is 5.32 Å². The fourth-order valence-electron chi connectivity index (χ4n) is 2.86. The molecule has 2 rings (SSSR count). The van der Waals surface area contributed by atoms with Crippen LogP contribution in [0.5, 0.6) is 0 Å². The van der Waals surface area contributed by atoms with Crippen molar-refractivity contribution in [2.24, 2.45) is 0 Å². The maximum atomic E-state index is 12.7. The Hall–Kier alpha value is -1.76. The second-order valence-electron chi connectivity index (χ2n) is 6.65. The Kier molecular flexibility index (Phi) is 7.75. The smallest absolute Gasteiger partial charge is 0.247 e. The minimum Gasteiger partial charge on any atom is -0.324 e. The summed E-state index contributed by atoms with van der Waals surface area (Å²) in [4.78, 5) is 12.7. The summed E-state index contributed by atoms with van der Waals surface area (Å²) in [7, 11) is -3.75. The number of carbonyl (C=O) groups is 1. The van der Waals surface area contributed by atoms with Crippen LogP contribution >= 0.6 is 23.2 Å². The van der Waals surface area contributed by atoms with E-state index in [1.165, 1.54) is 30.7 Å². The van der Waals surface area contributed by atoms with Crippen LogP contribution in [0, 0.1) is 0 Å². The molecule has 1 atom stereocenters. The van der Waals surface area contributed by atoms with Crippen LogP contribution in [0.4, 0.5) is 11.4 Å². The first kappa shape index (κ1) is 22.5. The molecule has 8 heteroatoms. The number of anilines is 2. The van der Waals surface area contributed by atoms with Gasteiger partial charge in [-0.2, -0.15) is 0 Å². The third kappa shape index (κ3) is 6.12. The highest BCUT2D eigenvalue weighted by Crippen LogP contribution is 2.29. The Morgan fingerprint density at radius 2 is 1.68 bits per heavy atom. The van der Waals surface area contributed by atoms with Gasteiger partial charge in [0.15, 0.2) is 0 Å². The molecule has 0 saturated carbocycles. The third-order valence-corrected chi connectivity index (χ3v) is 5.91. The van der Waals surface area contributed by atoms with Gasteiger partial charge in [-0.25, -0.2) is 8.42 Å². The molecule has 5 nitrogen and oxygen atoms in total. The van der Waals surface area contributed by atoms with E-state index in [1.54, 1.807) is 0 Å². The molecule has 0 aliphatic carbocycles. The van der Waals surface area contributed by atoms with Crippen molar-refractivity contribution in [3.63, 3.8) is 0 Å². The van der Waals surface area contributed by atoms with Crippen molar-refractivity contribution in [1.82, 2.24) is 0 Å². The van der Waals surface area contributed by atoms with Crippen LogP contribution < -0.4 is 9.62 Å². The van der Waals surface area contributed by atoms with E-state index in [9.17, 15) is 13.2 Å². The molecule has 0 heterocycles. The fourth-order valence-corrected chi connectivity index (χ4v) is 4.53. The molecule has 0 aliphatic rings. The molecule has 0 radical (unpaired) electrons. The van der Waals surface area contributed by atoms with Crippen molar-refractivity contribution in [3.05, 3.63) is 58.1 Å². The van der Waals surface area contributed by atoms with Crippen LogP contribution in [0.2, 0.25) is 10.0 Å². The first-order chi connectivity index (χ1) is 13.1. The quantitative estimate of drug-likeness (QED) is 0.615. The van der Waals surface area contributed by atoms with Gasteiger partial charge in [-0.1, -0.05) is 48.7 Å². The number of rotatable bonds is 8. The number of hydrogen-bond donors (Lipinski definition) is 1. The van der Waals surface area contributed by atoms with Gasteiger partial charge in [0.25, 0.3) is 0 Å². The average Bonchev–Trinajstić information content (AvgIpc) is 2.59. The molecule has 0 unspecified atom stereocenters. The van der Waals surface area contributed by atoms with Crippen LogP contribution in [-0.2, 0) is 21.2 Å². The molecule has 0 aliphatic heterocycles. The number of hydrogen-bond acceptors (Lipinski definition) is 3. The Morgan fingerprint density at radius 1 is 1.11 bits per heavy atom. The Labute approximate surface area is 176 Å². The lowest BCUT2D eigenvalue weighted by atomic mass is 10.1. The first-order valence-corrected chi connectivity index (χ1v) is 11.6. The number of halogens is 2. The van der Waals surface area contributed by atoms with E-state index in [2.05, 4.69) is 12.2 Å². The Bertz CT molecular complexity index is 911. The molecule has 0 bridgehead atoms. The van der Waals surface area contributed by atoms with Crippen LogP contribution in [-0.4, -0.2) is 26.6 Å². The normalized spacial score (nSPS) is 12.5. The molecule has 0 saturated heterocycles. The number of sulfonamides is 1. The van der Waals surface area contributed by atoms with Crippen LogP contribution in [0.15, 0.2) is 42.5 Å². The summed E-state index contributed by atoms with van der Waals surface area (Å²) in [5.74, 6) is -0.456. The molecule has 2 aromatic carbocycles. The van der Waals surface area contributed by atoms with Crippen molar-refractivity contribution in [2.75, 3.05) is 15.9 Å². The Balaban J connectivity index is 2.22. The molecular formula is C20H24Cl2N2O3S.